The predicted octanol–water partition coefficient (Wildman–Crippen LogP) is 1.81. The maximum absolute atomic E-state index is 4.09. The fraction of sp³-hybridized carbons (Fsp3) is 0. The van der Waals surface area contributed by atoms with Crippen LogP contribution in [0.3, 0.4) is 0 Å². The summed E-state index contributed by atoms with van der Waals surface area (Å²) in [6, 6.07) is 7.83. The van der Waals surface area contributed by atoms with Crippen LogP contribution in [0.1, 0.15) is 5.69 Å². The van der Waals surface area contributed by atoms with Gasteiger partial charge in [-0.1, -0.05) is 23.9 Å². The maximum Gasteiger partial charge on any atom is 0.111 e. The van der Waals surface area contributed by atoms with Gasteiger partial charge in [-0.25, -0.2) is 6.92 Å². The fourth-order valence-electron chi connectivity index (χ4n) is 1.06. The Hall–Kier alpha value is -0.986. The van der Waals surface area contributed by atoms with Gasteiger partial charge in [0.15, 0.2) is 0 Å². The van der Waals surface area contributed by atoms with Crippen LogP contribution in [0.15, 0.2) is 30.6 Å². The van der Waals surface area contributed by atoms with Crippen molar-refractivity contribution in [2.45, 2.75) is 0 Å². The van der Waals surface area contributed by atoms with Gasteiger partial charge in [-0.2, -0.15) is 0 Å². The minimum atomic E-state index is 0. The van der Waals surface area contributed by atoms with Gasteiger partial charge in [-0.3, -0.25) is 9.97 Å². The molecule has 2 nitrogen and oxygen atoms in total. The molecule has 0 amide bonds. The van der Waals surface area contributed by atoms with Gasteiger partial charge in [0.25, 0.3) is 0 Å². The summed E-state index contributed by atoms with van der Waals surface area (Å²) in [7, 11) is 0. The van der Waals surface area contributed by atoms with Crippen LogP contribution in [0.4, 0.5) is 0 Å². The van der Waals surface area contributed by atoms with Crippen molar-refractivity contribution < 1.29 is 18.6 Å². The zero-order valence-corrected chi connectivity index (χ0v) is 7.83. The molecule has 2 rings (SSSR count). The largest absolute Gasteiger partial charge is 0.275 e. The van der Waals surface area contributed by atoms with Crippen LogP contribution in [0.2, 0.25) is 0 Å². The standard InChI is InChI=1S/C9H7N2.V/c1-7-8-4-2-3-5-9(8)11-6-10-7;/h2-6H,1H2;/q-1;. The van der Waals surface area contributed by atoms with Crippen LogP contribution in [0, 0.1) is 6.92 Å². The van der Waals surface area contributed by atoms with Gasteiger partial charge in [0.1, 0.15) is 6.33 Å². The monoisotopic (exact) mass is 194 g/mol. The van der Waals surface area contributed by atoms with Crippen molar-refractivity contribution in [2.75, 3.05) is 0 Å². The smallest absolute Gasteiger partial charge is 0.111 e. The zero-order chi connectivity index (χ0) is 7.68. The molecule has 2 aromatic rings. The van der Waals surface area contributed by atoms with Crippen molar-refractivity contribution in [1.82, 2.24) is 9.97 Å². The molecule has 0 unspecified atom stereocenters. The Morgan fingerprint density at radius 1 is 1.08 bits per heavy atom. The second kappa shape index (κ2) is 3.61. The van der Waals surface area contributed by atoms with Gasteiger partial charge in [0.05, 0.1) is 0 Å². The summed E-state index contributed by atoms with van der Waals surface area (Å²) in [6.07, 6.45) is 1.53. The number of hydrogen-bond donors (Lipinski definition) is 0. The third kappa shape index (κ3) is 1.45. The topological polar surface area (TPSA) is 25.8 Å². The van der Waals surface area contributed by atoms with E-state index in [2.05, 4.69) is 16.9 Å². The SMILES string of the molecule is [CH2-]c1ncnc2ccccc12.[V]. The van der Waals surface area contributed by atoms with Gasteiger partial charge >= 0.3 is 0 Å². The van der Waals surface area contributed by atoms with Crippen LogP contribution in [0.5, 0.6) is 0 Å². The maximum atomic E-state index is 4.09. The van der Waals surface area contributed by atoms with Gasteiger partial charge in [-0.05, 0) is 5.52 Å². The molecule has 1 heterocycles. The van der Waals surface area contributed by atoms with Crippen molar-refractivity contribution in [3.63, 3.8) is 0 Å². The Kier molecular flexibility index (Phi) is 2.74. The fourth-order valence-corrected chi connectivity index (χ4v) is 1.06. The van der Waals surface area contributed by atoms with Crippen molar-refractivity contribution in [3.8, 4) is 0 Å². The van der Waals surface area contributed by atoms with E-state index in [1.165, 1.54) is 6.33 Å². The molecule has 3 heteroatoms. The van der Waals surface area contributed by atoms with Crippen LogP contribution >= 0.6 is 0 Å². The molecule has 0 N–H and O–H groups in total. The molecule has 1 radical (unpaired) electrons. The number of para-hydroxylation sites is 1. The first kappa shape index (κ1) is 9.11. The molecule has 59 valence electrons. The summed E-state index contributed by atoms with van der Waals surface area (Å²) in [5.74, 6) is 0. The van der Waals surface area contributed by atoms with E-state index in [1.54, 1.807) is 0 Å². The van der Waals surface area contributed by atoms with E-state index in [-0.39, 0.29) is 18.6 Å². The normalized spacial score (nSPS) is 9.33. The quantitative estimate of drug-likeness (QED) is 0.597. The molecule has 12 heavy (non-hydrogen) atoms. The Bertz CT molecular complexity index is 382. The Labute approximate surface area is 82.9 Å². The molecule has 0 bridgehead atoms. The van der Waals surface area contributed by atoms with Crippen LogP contribution in [0.25, 0.3) is 10.9 Å². The molecular formula is C9H7N2V-. The molecule has 0 saturated carbocycles. The molecule has 0 spiro atoms. The number of hydrogen-bond acceptors (Lipinski definition) is 2. The van der Waals surface area contributed by atoms with E-state index in [9.17, 15) is 0 Å². The number of fused-ring (bicyclic) bond motifs is 1. The van der Waals surface area contributed by atoms with E-state index in [0.717, 1.165) is 16.6 Å². The molecular weight excluding hydrogens is 187 g/mol. The van der Waals surface area contributed by atoms with E-state index in [1.807, 2.05) is 24.3 Å². The van der Waals surface area contributed by atoms with Crippen LogP contribution in [-0.4, -0.2) is 9.97 Å². The average Bonchev–Trinajstić information content (AvgIpc) is 2.06. The van der Waals surface area contributed by atoms with E-state index in [4.69, 9.17) is 0 Å². The minimum absolute atomic E-state index is 0. The molecule has 0 aliphatic carbocycles. The summed E-state index contributed by atoms with van der Waals surface area (Å²) in [4.78, 5) is 8.08. The molecule has 0 aliphatic heterocycles. The summed E-state index contributed by atoms with van der Waals surface area (Å²) >= 11 is 0. The average molecular weight is 194 g/mol. The first-order valence-corrected chi connectivity index (χ1v) is 3.39. The molecule has 1 aromatic carbocycles. The number of nitrogens with zero attached hydrogens (tertiary/aromatic N) is 2. The molecule has 0 atom stereocenters. The molecule has 0 saturated heterocycles. The molecule has 0 aliphatic rings. The van der Waals surface area contributed by atoms with E-state index in [0.29, 0.717) is 0 Å². The van der Waals surface area contributed by atoms with Gasteiger partial charge in [0, 0.05) is 18.6 Å². The first-order chi connectivity index (χ1) is 5.38. The second-order valence-corrected chi connectivity index (χ2v) is 2.34. The Balaban J connectivity index is 0.000000720. The van der Waals surface area contributed by atoms with E-state index >= 15 is 0 Å². The number of benzene rings is 1. The Morgan fingerprint density at radius 3 is 2.58 bits per heavy atom. The summed E-state index contributed by atoms with van der Waals surface area (Å²) in [5.41, 5.74) is 1.74. The second-order valence-electron chi connectivity index (χ2n) is 2.34. The predicted molar refractivity (Wildman–Crippen MR) is 44.0 cm³/mol. The third-order valence-electron chi connectivity index (χ3n) is 1.63. The number of rotatable bonds is 0. The Morgan fingerprint density at radius 2 is 1.83 bits per heavy atom. The third-order valence-corrected chi connectivity index (χ3v) is 1.63. The van der Waals surface area contributed by atoms with E-state index < -0.39 is 0 Å². The first-order valence-electron chi connectivity index (χ1n) is 3.39. The van der Waals surface area contributed by atoms with Crippen molar-refractivity contribution in [2.24, 2.45) is 0 Å². The summed E-state index contributed by atoms with van der Waals surface area (Å²) in [5, 5.41) is 1.02. The van der Waals surface area contributed by atoms with Gasteiger partial charge < -0.3 is 0 Å². The van der Waals surface area contributed by atoms with Gasteiger partial charge in [0.2, 0.25) is 0 Å². The number of aromatic nitrogens is 2. The van der Waals surface area contributed by atoms with Crippen molar-refractivity contribution in [3.05, 3.63) is 43.2 Å². The zero-order valence-electron chi connectivity index (χ0n) is 6.44. The van der Waals surface area contributed by atoms with Crippen LogP contribution in [-0.2, 0) is 18.6 Å². The summed E-state index contributed by atoms with van der Waals surface area (Å²) in [6.45, 7) is 3.80. The van der Waals surface area contributed by atoms with Crippen molar-refractivity contribution in [1.29, 1.82) is 0 Å². The van der Waals surface area contributed by atoms with Gasteiger partial charge in [-0.15, -0.1) is 11.5 Å². The summed E-state index contributed by atoms with van der Waals surface area (Å²) < 4.78 is 0. The molecule has 0 fully saturated rings. The minimum Gasteiger partial charge on any atom is -0.275 e. The molecule has 1 aromatic heterocycles. The van der Waals surface area contributed by atoms with Crippen molar-refractivity contribution >= 4 is 10.9 Å². The van der Waals surface area contributed by atoms with Crippen LogP contribution < -0.4 is 0 Å².